The summed E-state index contributed by atoms with van der Waals surface area (Å²) < 4.78 is 0. The summed E-state index contributed by atoms with van der Waals surface area (Å²) in [6.45, 7) is 2.17. The van der Waals surface area contributed by atoms with Crippen molar-refractivity contribution in [3.8, 4) is 10.6 Å². The zero-order chi connectivity index (χ0) is 8.39. The number of aromatic nitrogens is 2. The average molecular weight is 178 g/mol. The minimum Gasteiger partial charge on any atom is -0.344 e. The van der Waals surface area contributed by atoms with Gasteiger partial charge < -0.3 is 4.98 Å². The van der Waals surface area contributed by atoms with Gasteiger partial charge in [-0.05, 0) is 23.4 Å². The van der Waals surface area contributed by atoms with Gasteiger partial charge in [-0.1, -0.05) is 6.92 Å². The van der Waals surface area contributed by atoms with Crippen molar-refractivity contribution in [3.05, 3.63) is 29.5 Å². The Morgan fingerprint density at radius 1 is 1.58 bits per heavy atom. The fourth-order valence-corrected chi connectivity index (χ4v) is 2.20. The number of nitrogens with zero attached hydrogens (tertiary/aromatic N) is 1. The first kappa shape index (κ1) is 7.55. The molecule has 0 unspecified atom stereocenters. The van der Waals surface area contributed by atoms with Crippen molar-refractivity contribution in [2.24, 2.45) is 0 Å². The highest BCUT2D eigenvalue weighted by molar-refractivity contribution is 7.13. The Morgan fingerprint density at radius 3 is 3.17 bits per heavy atom. The Kier molecular flexibility index (Phi) is 1.96. The van der Waals surface area contributed by atoms with Crippen LogP contribution >= 0.6 is 11.3 Å². The molecule has 2 rings (SSSR count). The molecule has 2 aromatic heterocycles. The number of nitrogens with one attached hydrogen (secondary N) is 1. The van der Waals surface area contributed by atoms with Crippen LogP contribution in [0.5, 0.6) is 0 Å². The molecule has 3 heteroatoms. The second-order valence-corrected chi connectivity index (χ2v) is 3.51. The quantitative estimate of drug-likeness (QED) is 0.752. The Bertz CT molecular complexity index is 348. The fourth-order valence-electron chi connectivity index (χ4n) is 1.23. The van der Waals surface area contributed by atoms with Crippen molar-refractivity contribution in [3.63, 3.8) is 0 Å². The summed E-state index contributed by atoms with van der Waals surface area (Å²) in [4.78, 5) is 8.43. The summed E-state index contributed by atoms with van der Waals surface area (Å²) >= 11 is 1.76. The molecule has 2 nitrogen and oxygen atoms in total. The first-order valence-corrected chi connectivity index (χ1v) is 4.85. The zero-order valence-electron chi connectivity index (χ0n) is 6.87. The van der Waals surface area contributed by atoms with Crippen molar-refractivity contribution in [1.29, 1.82) is 0 Å². The lowest BCUT2D eigenvalue weighted by atomic mass is 10.2. The van der Waals surface area contributed by atoms with E-state index in [2.05, 4.69) is 28.3 Å². The Morgan fingerprint density at radius 2 is 2.50 bits per heavy atom. The van der Waals surface area contributed by atoms with E-state index in [-0.39, 0.29) is 0 Å². The molecule has 2 heterocycles. The normalized spacial score (nSPS) is 10.4. The van der Waals surface area contributed by atoms with Crippen LogP contribution in [0.4, 0.5) is 0 Å². The molecular formula is C9H10N2S. The van der Waals surface area contributed by atoms with E-state index in [1.807, 2.05) is 6.20 Å². The van der Waals surface area contributed by atoms with Gasteiger partial charge in [-0.3, -0.25) is 0 Å². The summed E-state index contributed by atoms with van der Waals surface area (Å²) in [6, 6.07) is 2.17. The first-order valence-electron chi connectivity index (χ1n) is 3.97. The summed E-state index contributed by atoms with van der Waals surface area (Å²) in [6.07, 6.45) is 4.66. The van der Waals surface area contributed by atoms with E-state index in [0.717, 1.165) is 12.1 Å². The number of imidazole rings is 1. The van der Waals surface area contributed by atoms with Gasteiger partial charge >= 0.3 is 0 Å². The molecule has 1 N–H and O–H groups in total. The Hall–Kier alpha value is -1.09. The van der Waals surface area contributed by atoms with Gasteiger partial charge in [0.25, 0.3) is 0 Å². The summed E-state index contributed by atoms with van der Waals surface area (Å²) in [5.74, 6) is 0. The maximum atomic E-state index is 4.00. The molecule has 0 bridgehead atoms. The van der Waals surface area contributed by atoms with Crippen molar-refractivity contribution in [1.82, 2.24) is 9.97 Å². The lowest BCUT2D eigenvalue weighted by Crippen LogP contribution is -1.79. The number of aromatic amines is 1. The molecule has 12 heavy (non-hydrogen) atoms. The average Bonchev–Trinajstić information content (AvgIpc) is 2.74. The third-order valence-electron chi connectivity index (χ3n) is 1.87. The lowest BCUT2D eigenvalue weighted by Gasteiger charge is -1.95. The SMILES string of the molecule is CCc1ccsc1-c1cnc[nH]1. The number of rotatable bonds is 2. The van der Waals surface area contributed by atoms with Crippen molar-refractivity contribution in [2.45, 2.75) is 13.3 Å². The molecule has 0 atom stereocenters. The van der Waals surface area contributed by atoms with E-state index >= 15 is 0 Å². The van der Waals surface area contributed by atoms with Crippen LogP contribution in [-0.4, -0.2) is 9.97 Å². The molecule has 62 valence electrons. The summed E-state index contributed by atoms with van der Waals surface area (Å²) in [7, 11) is 0. The van der Waals surface area contributed by atoms with Crippen LogP contribution in [0.2, 0.25) is 0 Å². The van der Waals surface area contributed by atoms with E-state index in [0.29, 0.717) is 0 Å². The molecule has 0 radical (unpaired) electrons. The standard InChI is InChI=1S/C9H10N2S/c1-2-7-3-4-12-9(7)8-5-10-6-11-8/h3-6H,2H2,1H3,(H,10,11). The largest absolute Gasteiger partial charge is 0.344 e. The maximum Gasteiger partial charge on any atom is 0.0924 e. The minimum absolute atomic E-state index is 1.08. The maximum absolute atomic E-state index is 4.00. The van der Waals surface area contributed by atoms with E-state index in [1.54, 1.807) is 17.7 Å². The minimum atomic E-state index is 1.08. The predicted octanol–water partition coefficient (Wildman–Crippen LogP) is 2.70. The van der Waals surface area contributed by atoms with Crippen molar-refractivity contribution >= 4 is 11.3 Å². The second kappa shape index (κ2) is 3.11. The monoisotopic (exact) mass is 178 g/mol. The zero-order valence-corrected chi connectivity index (χ0v) is 7.69. The van der Waals surface area contributed by atoms with Gasteiger partial charge in [0.15, 0.2) is 0 Å². The van der Waals surface area contributed by atoms with Crippen molar-refractivity contribution in [2.75, 3.05) is 0 Å². The molecule has 0 fully saturated rings. The number of H-pyrrole nitrogens is 1. The second-order valence-electron chi connectivity index (χ2n) is 2.59. The van der Waals surface area contributed by atoms with Gasteiger partial charge in [0.1, 0.15) is 0 Å². The molecule has 0 aliphatic carbocycles. The Balaban J connectivity index is 2.46. The third kappa shape index (κ3) is 1.16. The van der Waals surface area contributed by atoms with Crippen LogP contribution in [0, 0.1) is 0 Å². The molecule has 0 spiro atoms. The van der Waals surface area contributed by atoms with Crippen LogP contribution < -0.4 is 0 Å². The molecule has 0 aliphatic rings. The van der Waals surface area contributed by atoms with E-state index in [9.17, 15) is 0 Å². The van der Waals surface area contributed by atoms with E-state index in [1.165, 1.54) is 10.4 Å². The van der Waals surface area contributed by atoms with Gasteiger partial charge in [0.05, 0.1) is 23.1 Å². The number of aryl methyl sites for hydroxylation is 1. The molecule has 0 saturated heterocycles. The molecule has 0 saturated carbocycles. The molecule has 2 aromatic rings. The predicted molar refractivity (Wildman–Crippen MR) is 51.3 cm³/mol. The van der Waals surface area contributed by atoms with E-state index in [4.69, 9.17) is 0 Å². The van der Waals surface area contributed by atoms with Crippen LogP contribution in [0.3, 0.4) is 0 Å². The van der Waals surface area contributed by atoms with Crippen molar-refractivity contribution < 1.29 is 0 Å². The summed E-state index contributed by atoms with van der Waals surface area (Å²) in [5, 5.41) is 2.12. The molecule has 0 aliphatic heterocycles. The number of thiophene rings is 1. The third-order valence-corrected chi connectivity index (χ3v) is 2.86. The van der Waals surface area contributed by atoms with E-state index < -0.39 is 0 Å². The van der Waals surface area contributed by atoms with Crippen LogP contribution in [-0.2, 0) is 6.42 Å². The molecule has 0 aromatic carbocycles. The van der Waals surface area contributed by atoms with Crippen LogP contribution in [0.1, 0.15) is 12.5 Å². The number of hydrogen-bond donors (Lipinski definition) is 1. The highest BCUT2D eigenvalue weighted by Gasteiger charge is 2.05. The Labute approximate surface area is 75.3 Å². The van der Waals surface area contributed by atoms with Gasteiger partial charge in [-0.15, -0.1) is 11.3 Å². The van der Waals surface area contributed by atoms with Gasteiger partial charge in [-0.25, -0.2) is 4.98 Å². The van der Waals surface area contributed by atoms with Gasteiger partial charge in [0.2, 0.25) is 0 Å². The smallest absolute Gasteiger partial charge is 0.0924 e. The van der Waals surface area contributed by atoms with Gasteiger partial charge in [0, 0.05) is 0 Å². The van der Waals surface area contributed by atoms with Crippen LogP contribution in [0.15, 0.2) is 24.0 Å². The highest BCUT2D eigenvalue weighted by Crippen LogP contribution is 2.27. The summed E-state index contributed by atoms with van der Waals surface area (Å²) in [5.41, 5.74) is 2.52. The number of hydrogen-bond acceptors (Lipinski definition) is 2. The topological polar surface area (TPSA) is 28.7 Å². The highest BCUT2D eigenvalue weighted by atomic mass is 32.1. The lowest BCUT2D eigenvalue weighted by molar-refractivity contribution is 1.15. The fraction of sp³-hybridized carbons (Fsp3) is 0.222. The first-order chi connectivity index (χ1) is 5.92. The van der Waals surface area contributed by atoms with Crippen LogP contribution in [0.25, 0.3) is 10.6 Å². The molecular weight excluding hydrogens is 168 g/mol. The van der Waals surface area contributed by atoms with Gasteiger partial charge in [-0.2, -0.15) is 0 Å². The molecule has 0 amide bonds.